The molecule has 0 aromatic heterocycles. The Hall–Kier alpha value is -0.770. The van der Waals surface area contributed by atoms with Crippen molar-refractivity contribution in [2.45, 2.75) is 117 Å². The Bertz CT molecular complexity index is 339. The zero-order valence-corrected chi connectivity index (χ0v) is 19.1. The van der Waals surface area contributed by atoms with Gasteiger partial charge in [-0.15, -0.1) is 0 Å². The number of hydrogen-bond acceptors (Lipinski definition) is 3. The number of carbonyl (C=O) groups is 1. The molecule has 0 bridgehead atoms. The molecule has 0 N–H and O–H groups in total. The smallest absolute Gasteiger partial charge is 0.411 e. The van der Waals surface area contributed by atoms with Crippen molar-refractivity contribution in [3.63, 3.8) is 0 Å². The predicted molar refractivity (Wildman–Crippen MR) is 120 cm³/mol. The van der Waals surface area contributed by atoms with E-state index in [0.717, 1.165) is 39.0 Å². The highest BCUT2D eigenvalue weighted by Crippen LogP contribution is 2.12. The minimum Gasteiger partial charge on any atom is -0.433 e. The Balaban J connectivity index is 2.19. The molecule has 1 rings (SSSR count). The Morgan fingerprint density at radius 1 is 0.714 bits per heavy atom. The molecule has 1 aliphatic heterocycles. The van der Waals surface area contributed by atoms with Crippen molar-refractivity contribution in [1.29, 1.82) is 0 Å². The van der Waals surface area contributed by atoms with Crippen molar-refractivity contribution >= 4 is 6.09 Å². The van der Waals surface area contributed by atoms with Crippen LogP contribution in [0.1, 0.15) is 117 Å². The number of hydrogen-bond donors (Lipinski definition) is 0. The van der Waals surface area contributed by atoms with Crippen molar-refractivity contribution < 1.29 is 9.53 Å². The maximum Gasteiger partial charge on any atom is 0.411 e. The van der Waals surface area contributed by atoms with E-state index in [1.807, 2.05) is 4.90 Å². The average Bonchev–Trinajstić information content (AvgIpc) is 3.24. The molecule has 1 heterocycles. The lowest BCUT2D eigenvalue weighted by atomic mass is 10.1. The standard InChI is InChI=1S/C24H48N2O2/c1-3-5-7-9-11-13-15-19-25(20-16-14-12-10-8-6-4-2)23-28-24(27)26-21-17-18-22-26/h3-23H2,1-2H3. The second kappa shape index (κ2) is 18.3. The molecule has 0 radical (unpaired) electrons. The molecular formula is C24H48N2O2. The number of carbonyl (C=O) groups excluding carboxylic acids is 1. The van der Waals surface area contributed by atoms with Crippen LogP contribution in [0.5, 0.6) is 0 Å². The second-order valence-electron chi connectivity index (χ2n) is 8.59. The molecule has 1 saturated heterocycles. The molecule has 28 heavy (non-hydrogen) atoms. The van der Waals surface area contributed by atoms with Crippen LogP contribution in [0, 0.1) is 0 Å². The lowest BCUT2D eigenvalue weighted by Gasteiger charge is -2.24. The third-order valence-corrected chi connectivity index (χ3v) is 5.89. The molecule has 4 heteroatoms. The van der Waals surface area contributed by atoms with Crippen molar-refractivity contribution in [3.8, 4) is 0 Å². The molecule has 0 aromatic carbocycles. The maximum atomic E-state index is 12.2. The fourth-order valence-corrected chi connectivity index (χ4v) is 3.96. The molecule has 4 nitrogen and oxygen atoms in total. The quantitative estimate of drug-likeness (QED) is 0.185. The molecule has 166 valence electrons. The van der Waals surface area contributed by atoms with E-state index in [4.69, 9.17) is 4.74 Å². The van der Waals surface area contributed by atoms with Crippen LogP contribution >= 0.6 is 0 Å². The van der Waals surface area contributed by atoms with Gasteiger partial charge in [0.2, 0.25) is 0 Å². The van der Waals surface area contributed by atoms with Crippen molar-refractivity contribution in [2.75, 3.05) is 32.9 Å². The normalized spacial score (nSPS) is 14.2. The van der Waals surface area contributed by atoms with Crippen LogP contribution in [0.4, 0.5) is 4.79 Å². The number of likely N-dealkylation sites (tertiary alicyclic amines) is 1. The summed E-state index contributed by atoms with van der Waals surface area (Å²) < 4.78 is 5.62. The molecule has 0 atom stereocenters. The van der Waals surface area contributed by atoms with Gasteiger partial charge in [-0.3, -0.25) is 4.90 Å². The van der Waals surface area contributed by atoms with Crippen LogP contribution in [0.25, 0.3) is 0 Å². The monoisotopic (exact) mass is 396 g/mol. The molecule has 0 saturated carbocycles. The summed E-state index contributed by atoms with van der Waals surface area (Å²) >= 11 is 0. The van der Waals surface area contributed by atoms with Crippen LogP contribution in [-0.4, -0.2) is 48.8 Å². The van der Waals surface area contributed by atoms with E-state index in [1.165, 1.54) is 89.9 Å². The first kappa shape index (κ1) is 25.3. The van der Waals surface area contributed by atoms with Gasteiger partial charge in [0.15, 0.2) is 0 Å². The van der Waals surface area contributed by atoms with Gasteiger partial charge >= 0.3 is 6.09 Å². The summed E-state index contributed by atoms with van der Waals surface area (Å²) in [6.07, 6.45) is 20.8. The van der Waals surface area contributed by atoms with Crippen LogP contribution in [-0.2, 0) is 4.74 Å². The van der Waals surface area contributed by atoms with Crippen LogP contribution in [0.2, 0.25) is 0 Å². The van der Waals surface area contributed by atoms with E-state index >= 15 is 0 Å². The molecule has 1 aliphatic rings. The number of nitrogens with zero attached hydrogens (tertiary/aromatic N) is 2. The van der Waals surface area contributed by atoms with Gasteiger partial charge in [0.05, 0.1) is 0 Å². The number of ether oxygens (including phenoxy) is 1. The summed E-state index contributed by atoms with van der Waals surface area (Å²) in [4.78, 5) is 16.4. The molecule has 0 spiro atoms. The van der Waals surface area contributed by atoms with Crippen molar-refractivity contribution in [3.05, 3.63) is 0 Å². The van der Waals surface area contributed by atoms with Crippen molar-refractivity contribution in [1.82, 2.24) is 9.80 Å². The summed E-state index contributed by atoms with van der Waals surface area (Å²) in [6.45, 7) is 8.88. The van der Waals surface area contributed by atoms with Gasteiger partial charge in [-0.1, -0.05) is 90.9 Å². The molecular weight excluding hydrogens is 348 g/mol. The fraction of sp³-hybridized carbons (Fsp3) is 0.958. The van der Waals surface area contributed by atoms with E-state index in [2.05, 4.69) is 18.7 Å². The van der Waals surface area contributed by atoms with Gasteiger partial charge in [0.25, 0.3) is 0 Å². The molecule has 1 amide bonds. The topological polar surface area (TPSA) is 32.8 Å². The van der Waals surface area contributed by atoms with Gasteiger partial charge < -0.3 is 9.64 Å². The van der Waals surface area contributed by atoms with E-state index in [-0.39, 0.29) is 6.09 Å². The first-order chi connectivity index (χ1) is 13.8. The fourth-order valence-electron chi connectivity index (χ4n) is 3.96. The minimum atomic E-state index is -0.110. The Morgan fingerprint density at radius 3 is 1.61 bits per heavy atom. The summed E-state index contributed by atoms with van der Waals surface area (Å²) in [5.41, 5.74) is 0. The second-order valence-corrected chi connectivity index (χ2v) is 8.59. The van der Waals surface area contributed by atoms with E-state index in [0.29, 0.717) is 6.73 Å². The SMILES string of the molecule is CCCCCCCCCN(CCCCCCCCC)COC(=O)N1CCCC1. The third kappa shape index (κ3) is 13.4. The van der Waals surface area contributed by atoms with Gasteiger partial charge in [-0.25, -0.2) is 4.79 Å². The molecule has 0 aliphatic carbocycles. The zero-order valence-electron chi connectivity index (χ0n) is 19.1. The number of amides is 1. The predicted octanol–water partition coefficient (Wildman–Crippen LogP) is 6.98. The maximum absolute atomic E-state index is 12.2. The summed E-state index contributed by atoms with van der Waals surface area (Å²) in [5, 5.41) is 0. The van der Waals surface area contributed by atoms with Gasteiger partial charge in [0.1, 0.15) is 6.73 Å². The van der Waals surface area contributed by atoms with Gasteiger partial charge in [-0.2, -0.15) is 0 Å². The minimum absolute atomic E-state index is 0.110. The number of rotatable bonds is 18. The zero-order chi connectivity index (χ0) is 20.3. The van der Waals surface area contributed by atoms with Gasteiger partial charge in [-0.05, 0) is 25.7 Å². The van der Waals surface area contributed by atoms with Crippen LogP contribution in [0.15, 0.2) is 0 Å². The third-order valence-electron chi connectivity index (χ3n) is 5.89. The highest BCUT2D eigenvalue weighted by atomic mass is 16.6. The summed E-state index contributed by atoms with van der Waals surface area (Å²) in [7, 11) is 0. The van der Waals surface area contributed by atoms with E-state index in [9.17, 15) is 4.79 Å². The number of unbranched alkanes of at least 4 members (excludes halogenated alkanes) is 12. The Labute approximate surface area is 175 Å². The average molecular weight is 397 g/mol. The largest absolute Gasteiger partial charge is 0.433 e. The van der Waals surface area contributed by atoms with E-state index < -0.39 is 0 Å². The summed E-state index contributed by atoms with van der Waals surface area (Å²) in [5.74, 6) is 0. The Morgan fingerprint density at radius 2 is 1.14 bits per heavy atom. The van der Waals surface area contributed by atoms with E-state index in [1.54, 1.807) is 0 Å². The highest BCUT2D eigenvalue weighted by molar-refractivity contribution is 5.67. The van der Waals surface area contributed by atoms with Crippen LogP contribution in [0.3, 0.4) is 0 Å². The summed E-state index contributed by atoms with van der Waals surface area (Å²) in [6, 6.07) is 0. The molecule has 0 aromatic rings. The van der Waals surface area contributed by atoms with Crippen molar-refractivity contribution in [2.24, 2.45) is 0 Å². The van der Waals surface area contributed by atoms with Crippen LogP contribution < -0.4 is 0 Å². The molecule has 0 unspecified atom stereocenters. The lowest BCUT2D eigenvalue weighted by Crippen LogP contribution is -2.35. The first-order valence-corrected chi connectivity index (χ1v) is 12.4. The lowest BCUT2D eigenvalue weighted by molar-refractivity contribution is 0.0464. The Kier molecular flexibility index (Phi) is 16.5. The van der Waals surface area contributed by atoms with Gasteiger partial charge in [0, 0.05) is 26.2 Å². The first-order valence-electron chi connectivity index (χ1n) is 12.4. The highest BCUT2D eigenvalue weighted by Gasteiger charge is 2.19. The molecule has 1 fully saturated rings.